The molecule has 3 amide bonds. The van der Waals surface area contributed by atoms with Gasteiger partial charge in [0.05, 0.1) is 0 Å². The maximum Gasteiger partial charge on any atom is 0.322 e. The van der Waals surface area contributed by atoms with Gasteiger partial charge in [0.25, 0.3) is 0 Å². The van der Waals surface area contributed by atoms with Gasteiger partial charge in [0.15, 0.2) is 0 Å². The molecule has 0 spiro atoms. The van der Waals surface area contributed by atoms with Gasteiger partial charge in [-0.1, -0.05) is 35.9 Å². The summed E-state index contributed by atoms with van der Waals surface area (Å²) in [4.78, 5) is 27.4. The summed E-state index contributed by atoms with van der Waals surface area (Å²) >= 11 is 5.90. The van der Waals surface area contributed by atoms with Crippen molar-refractivity contribution in [1.82, 2.24) is 10.2 Å². The van der Waals surface area contributed by atoms with Crippen LogP contribution in [0.2, 0.25) is 5.02 Å². The van der Waals surface area contributed by atoms with Crippen LogP contribution in [0.3, 0.4) is 0 Å². The van der Waals surface area contributed by atoms with Crippen molar-refractivity contribution in [3.8, 4) is 0 Å². The summed E-state index contributed by atoms with van der Waals surface area (Å²) in [6, 6.07) is 14.0. The molecule has 2 aromatic carbocycles. The second-order valence-corrected chi connectivity index (χ2v) is 8.23. The zero-order chi connectivity index (χ0) is 19.6. The number of anilines is 1. The van der Waals surface area contributed by atoms with Gasteiger partial charge in [-0.25, -0.2) is 4.79 Å². The Hall–Kier alpha value is -2.53. The maximum atomic E-state index is 12.9. The van der Waals surface area contributed by atoms with E-state index in [1.807, 2.05) is 45.0 Å². The van der Waals surface area contributed by atoms with E-state index in [0.29, 0.717) is 23.7 Å². The monoisotopic (exact) mass is 385 g/mol. The van der Waals surface area contributed by atoms with E-state index < -0.39 is 6.04 Å². The molecule has 5 nitrogen and oxygen atoms in total. The smallest absolute Gasteiger partial charge is 0.322 e. The number of urea groups is 1. The number of hydrogen-bond donors (Lipinski definition) is 2. The van der Waals surface area contributed by atoms with E-state index in [-0.39, 0.29) is 17.5 Å². The fourth-order valence-corrected chi connectivity index (χ4v) is 3.28. The average molecular weight is 386 g/mol. The van der Waals surface area contributed by atoms with E-state index in [1.54, 1.807) is 29.2 Å². The van der Waals surface area contributed by atoms with Crippen molar-refractivity contribution in [2.45, 2.75) is 45.3 Å². The van der Waals surface area contributed by atoms with Crippen molar-refractivity contribution in [2.24, 2.45) is 0 Å². The van der Waals surface area contributed by atoms with E-state index >= 15 is 0 Å². The van der Waals surface area contributed by atoms with Gasteiger partial charge in [-0.15, -0.1) is 0 Å². The lowest BCUT2D eigenvalue weighted by atomic mass is 9.93. The van der Waals surface area contributed by atoms with Crippen LogP contribution in [0, 0.1) is 0 Å². The molecule has 0 fully saturated rings. The second-order valence-electron chi connectivity index (χ2n) is 7.79. The Morgan fingerprint density at radius 1 is 1.04 bits per heavy atom. The summed E-state index contributed by atoms with van der Waals surface area (Å²) < 4.78 is 0. The molecule has 1 aliphatic heterocycles. The Balaban J connectivity index is 1.85. The molecule has 142 valence electrons. The number of nitrogens with zero attached hydrogens (tertiary/aromatic N) is 1. The van der Waals surface area contributed by atoms with E-state index in [4.69, 9.17) is 11.6 Å². The van der Waals surface area contributed by atoms with Gasteiger partial charge in [-0.05, 0) is 56.2 Å². The molecule has 1 aliphatic rings. The van der Waals surface area contributed by atoms with Gasteiger partial charge in [0.2, 0.25) is 5.91 Å². The minimum atomic E-state index is -0.563. The molecule has 1 heterocycles. The first-order valence-electron chi connectivity index (χ1n) is 8.95. The van der Waals surface area contributed by atoms with Crippen LogP contribution < -0.4 is 10.6 Å². The highest BCUT2D eigenvalue weighted by Gasteiger charge is 2.35. The molecule has 0 bridgehead atoms. The van der Waals surface area contributed by atoms with E-state index in [0.717, 1.165) is 11.1 Å². The van der Waals surface area contributed by atoms with Gasteiger partial charge in [0, 0.05) is 29.2 Å². The lowest BCUT2D eigenvalue weighted by molar-refractivity contribution is -0.127. The first kappa shape index (κ1) is 19.2. The molecular weight excluding hydrogens is 362 g/mol. The molecule has 0 radical (unpaired) electrons. The number of nitrogens with one attached hydrogen (secondary N) is 2. The molecule has 2 N–H and O–H groups in total. The molecule has 0 saturated carbocycles. The first-order valence-corrected chi connectivity index (χ1v) is 9.33. The van der Waals surface area contributed by atoms with Crippen LogP contribution in [0.1, 0.15) is 31.9 Å². The molecule has 0 aromatic heterocycles. The zero-order valence-corrected chi connectivity index (χ0v) is 16.5. The Morgan fingerprint density at radius 2 is 1.67 bits per heavy atom. The van der Waals surface area contributed by atoms with Crippen LogP contribution in [0.5, 0.6) is 0 Å². The van der Waals surface area contributed by atoms with Crippen LogP contribution in [0.15, 0.2) is 48.5 Å². The van der Waals surface area contributed by atoms with E-state index in [9.17, 15) is 9.59 Å². The molecule has 2 aromatic rings. The predicted octanol–water partition coefficient (Wildman–Crippen LogP) is 4.21. The quantitative estimate of drug-likeness (QED) is 0.813. The normalized spacial score (nSPS) is 16.4. The third-order valence-corrected chi connectivity index (χ3v) is 4.66. The van der Waals surface area contributed by atoms with Crippen molar-refractivity contribution in [3.05, 3.63) is 64.7 Å². The Labute approximate surface area is 164 Å². The molecular formula is C21H24ClN3O2. The number of hydrogen-bond acceptors (Lipinski definition) is 2. The van der Waals surface area contributed by atoms with Crippen molar-refractivity contribution >= 4 is 29.2 Å². The molecule has 0 unspecified atom stereocenters. The minimum Gasteiger partial charge on any atom is -0.350 e. The highest BCUT2D eigenvalue weighted by molar-refractivity contribution is 6.30. The largest absolute Gasteiger partial charge is 0.350 e. The van der Waals surface area contributed by atoms with Crippen molar-refractivity contribution < 1.29 is 9.59 Å². The fraction of sp³-hybridized carbons (Fsp3) is 0.333. The summed E-state index contributed by atoms with van der Waals surface area (Å²) in [5.41, 5.74) is 2.43. The molecule has 1 atom stereocenters. The number of amides is 3. The van der Waals surface area contributed by atoms with Crippen molar-refractivity contribution in [1.29, 1.82) is 0 Å². The Bertz CT molecular complexity index is 843. The lowest BCUT2D eigenvalue weighted by Gasteiger charge is -2.37. The number of fused-ring (bicyclic) bond motifs is 1. The summed E-state index contributed by atoms with van der Waals surface area (Å²) in [7, 11) is 0. The van der Waals surface area contributed by atoms with Gasteiger partial charge < -0.3 is 15.5 Å². The van der Waals surface area contributed by atoms with Gasteiger partial charge in [-0.2, -0.15) is 0 Å². The molecule has 0 aliphatic carbocycles. The van der Waals surface area contributed by atoms with Crippen LogP contribution >= 0.6 is 11.6 Å². The number of carbonyl (C=O) groups is 2. The van der Waals surface area contributed by atoms with E-state index in [1.165, 1.54) is 0 Å². The van der Waals surface area contributed by atoms with Crippen molar-refractivity contribution in [3.63, 3.8) is 0 Å². The molecule has 3 rings (SSSR count). The third kappa shape index (κ3) is 4.80. The van der Waals surface area contributed by atoms with Gasteiger partial charge in [0.1, 0.15) is 6.04 Å². The molecule has 0 saturated heterocycles. The summed E-state index contributed by atoms with van der Waals surface area (Å²) in [5, 5.41) is 6.46. The highest BCUT2D eigenvalue weighted by Crippen LogP contribution is 2.25. The number of rotatable bonds is 2. The fourth-order valence-electron chi connectivity index (χ4n) is 3.15. The number of halogens is 1. The Morgan fingerprint density at radius 3 is 2.30 bits per heavy atom. The third-order valence-electron chi connectivity index (χ3n) is 4.41. The average Bonchev–Trinajstić information content (AvgIpc) is 2.61. The topological polar surface area (TPSA) is 61.4 Å². The first-order chi connectivity index (χ1) is 12.7. The summed E-state index contributed by atoms with van der Waals surface area (Å²) in [5.74, 6) is -0.150. The number of carbonyl (C=O) groups excluding carboxylic acids is 2. The molecule has 27 heavy (non-hydrogen) atoms. The summed E-state index contributed by atoms with van der Waals surface area (Å²) in [6.45, 7) is 6.18. The lowest BCUT2D eigenvalue weighted by Crippen LogP contribution is -2.56. The van der Waals surface area contributed by atoms with Crippen LogP contribution in [-0.2, 0) is 17.8 Å². The Kier molecular flexibility index (Phi) is 5.42. The maximum absolute atomic E-state index is 12.9. The van der Waals surface area contributed by atoms with Crippen LogP contribution in [0.25, 0.3) is 0 Å². The van der Waals surface area contributed by atoms with E-state index in [2.05, 4.69) is 10.6 Å². The zero-order valence-electron chi connectivity index (χ0n) is 15.8. The number of benzene rings is 2. The van der Waals surface area contributed by atoms with Crippen molar-refractivity contribution in [2.75, 3.05) is 5.32 Å². The van der Waals surface area contributed by atoms with Gasteiger partial charge >= 0.3 is 6.03 Å². The highest BCUT2D eigenvalue weighted by atomic mass is 35.5. The standard InChI is InChI=1S/C21H24ClN3O2/c1-21(2,3)24-19(26)18-12-14-6-4-5-7-15(14)13-25(18)20(27)23-17-10-8-16(22)9-11-17/h4-11,18H,12-13H2,1-3H3,(H,23,27)(H,24,26)/t18-/m1/s1. The summed E-state index contributed by atoms with van der Waals surface area (Å²) in [6.07, 6.45) is 0.492. The van der Waals surface area contributed by atoms with Gasteiger partial charge in [-0.3, -0.25) is 4.79 Å². The SMILES string of the molecule is CC(C)(C)NC(=O)[C@H]1Cc2ccccc2CN1C(=O)Nc1ccc(Cl)cc1. The second kappa shape index (κ2) is 7.61. The van der Waals surface area contributed by atoms with Crippen LogP contribution in [-0.4, -0.2) is 28.4 Å². The predicted molar refractivity (Wildman–Crippen MR) is 108 cm³/mol. The van der Waals surface area contributed by atoms with Crippen LogP contribution in [0.4, 0.5) is 10.5 Å². The molecule has 6 heteroatoms. The minimum absolute atomic E-state index is 0.150.